The Balaban J connectivity index is 2.95. The second-order valence-corrected chi connectivity index (χ2v) is 4.32. The van der Waals surface area contributed by atoms with Gasteiger partial charge in [0.05, 0.1) is 6.10 Å². The van der Waals surface area contributed by atoms with Gasteiger partial charge in [0, 0.05) is 23.5 Å². The van der Waals surface area contributed by atoms with Crippen molar-refractivity contribution in [1.29, 1.82) is 0 Å². The summed E-state index contributed by atoms with van der Waals surface area (Å²) in [6, 6.07) is 2.16. The van der Waals surface area contributed by atoms with Crippen molar-refractivity contribution in [3.63, 3.8) is 0 Å². The van der Waals surface area contributed by atoms with Gasteiger partial charge < -0.3 is 10.4 Å². The first-order valence-corrected chi connectivity index (χ1v) is 6.06. The van der Waals surface area contributed by atoms with Crippen LogP contribution in [0.15, 0.2) is 12.3 Å². The summed E-state index contributed by atoms with van der Waals surface area (Å²) in [6.45, 7) is 5.99. The topological polar surface area (TPSA) is 45.2 Å². The predicted octanol–water partition coefficient (Wildman–Crippen LogP) is 3.39. The number of aromatic nitrogens is 1. The number of nitrogens with one attached hydrogen (secondary N) is 1. The molecule has 0 aromatic carbocycles. The molecule has 0 saturated heterocycles. The second kappa shape index (κ2) is 6.06. The molecule has 0 aliphatic heterocycles. The molecule has 1 atom stereocenters. The average Bonchev–Trinajstić information content (AvgIpc) is 2.25. The summed E-state index contributed by atoms with van der Waals surface area (Å²) in [6.07, 6.45) is 3.16. The van der Waals surface area contributed by atoms with E-state index in [1.165, 1.54) is 0 Å². The van der Waals surface area contributed by atoms with Gasteiger partial charge >= 0.3 is 0 Å². The fourth-order valence-electron chi connectivity index (χ4n) is 1.61. The number of hydrogen-bond donors (Lipinski definition) is 2. The Morgan fingerprint density at radius 3 is 2.56 bits per heavy atom. The highest BCUT2D eigenvalue weighted by molar-refractivity contribution is 6.29. The van der Waals surface area contributed by atoms with E-state index in [9.17, 15) is 5.11 Å². The summed E-state index contributed by atoms with van der Waals surface area (Å²) in [5.41, 5.74) is 1.67. The molecule has 1 rings (SSSR count). The highest BCUT2D eigenvalue weighted by Gasteiger charge is 2.12. The molecular weight excluding hydrogens is 224 g/mol. The van der Waals surface area contributed by atoms with Crippen LogP contribution in [0.25, 0.3) is 0 Å². The summed E-state index contributed by atoms with van der Waals surface area (Å²) in [7, 11) is 0. The molecular formula is C12H19ClN2O. The van der Waals surface area contributed by atoms with Crippen molar-refractivity contribution in [1.82, 2.24) is 4.98 Å². The Morgan fingerprint density at radius 2 is 2.06 bits per heavy atom. The first-order chi connectivity index (χ1) is 7.58. The van der Waals surface area contributed by atoms with Gasteiger partial charge in [-0.25, -0.2) is 4.98 Å². The molecule has 4 heteroatoms. The van der Waals surface area contributed by atoms with Crippen LogP contribution < -0.4 is 5.32 Å². The van der Waals surface area contributed by atoms with Crippen LogP contribution >= 0.6 is 11.6 Å². The van der Waals surface area contributed by atoms with E-state index in [1.807, 2.05) is 0 Å². The number of aliphatic hydroxyl groups is 1. The lowest BCUT2D eigenvalue weighted by Crippen LogP contribution is -2.18. The molecule has 1 heterocycles. The van der Waals surface area contributed by atoms with Crippen LogP contribution in [0.3, 0.4) is 0 Å². The zero-order chi connectivity index (χ0) is 12.1. The summed E-state index contributed by atoms with van der Waals surface area (Å²) in [5, 5.41) is 13.5. The molecule has 90 valence electrons. The van der Waals surface area contributed by atoms with Crippen LogP contribution in [0.5, 0.6) is 0 Å². The molecule has 16 heavy (non-hydrogen) atoms. The number of aliphatic hydroxyl groups excluding tert-OH is 1. The van der Waals surface area contributed by atoms with E-state index in [0.717, 1.165) is 24.1 Å². The van der Waals surface area contributed by atoms with Crippen LogP contribution in [0, 0.1) is 0 Å². The third-order valence-electron chi connectivity index (χ3n) is 2.70. The van der Waals surface area contributed by atoms with Gasteiger partial charge in [-0.05, 0) is 25.8 Å². The minimum Gasteiger partial charge on any atom is -0.389 e. The molecule has 0 aliphatic rings. The maximum atomic E-state index is 9.63. The first-order valence-electron chi connectivity index (χ1n) is 5.68. The van der Waals surface area contributed by atoms with Crippen LogP contribution in [-0.2, 0) is 0 Å². The van der Waals surface area contributed by atoms with Crippen LogP contribution in [0.2, 0.25) is 5.15 Å². The SMILES string of the molecule is CCC(CC)Nc1cc(Cl)ncc1C(C)O. The maximum absolute atomic E-state index is 9.63. The van der Waals surface area contributed by atoms with Crippen LogP contribution in [-0.4, -0.2) is 16.1 Å². The van der Waals surface area contributed by atoms with E-state index in [4.69, 9.17) is 11.6 Å². The number of rotatable bonds is 5. The van der Waals surface area contributed by atoms with E-state index in [2.05, 4.69) is 24.1 Å². The molecule has 0 radical (unpaired) electrons. The Bertz CT molecular complexity index is 338. The lowest BCUT2D eigenvalue weighted by Gasteiger charge is -2.20. The van der Waals surface area contributed by atoms with E-state index >= 15 is 0 Å². The summed E-state index contributed by atoms with van der Waals surface area (Å²) >= 11 is 5.86. The first kappa shape index (κ1) is 13.3. The van der Waals surface area contributed by atoms with Crippen molar-refractivity contribution >= 4 is 17.3 Å². The van der Waals surface area contributed by atoms with Crippen molar-refractivity contribution in [3.05, 3.63) is 23.0 Å². The molecule has 0 spiro atoms. The minimum absolute atomic E-state index is 0.399. The second-order valence-electron chi connectivity index (χ2n) is 3.93. The third-order valence-corrected chi connectivity index (χ3v) is 2.90. The molecule has 0 bridgehead atoms. The summed E-state index contributed by atoms with van der Waals surface area (Å²) < 4.78 is 0. The molecule has 0 saturated carbocycles. The monoisotopic (exact) mass is 242 g/mol. The van der Waals surface area contributed by atoms with Gasteiger partial charge in [-0.1, -0.05) is 25.4 Å². The number of anilines is 1. The van der Waals surface area contributed by atoms with Crippen molar-refractivity contribution in [3.8, 4) is 0 Å². The summed E-state index contributed by atoms with van der Waals surface area (Å²) in [4.78, 5) is 3.99. The zero-order valence-corrected chi connectivity index (χ0v) is 10.8. The summed E-state index contributed by atoms with van der Waals surface area (Å²) in [5.74, 6) is 0. The molecule has 1 unspecified atom stereocenters. The van der Waals surface area contributed by atoms with Gasteiger partial charge in [-0.2, -0.15) is 0 Å². The van der Waals surface area contributed by atoms with Gasteiger partial charge in [0.25, 0.3) is 0 Å². The maximum Gasteiger partial charge on any atom is 0.131 e. The van der Waals surface area contributed by atoms with E-state index in [0.29, 0.717) is 11.2 Å². The largest absolute Gasteiger partial charge is 0.389 e. The molecule has 3 nitrogen and oxygen atoms in total. The van der Waals surface area contributed by atoms with Crippen molar-refractivity contribution in [2.45, 2.75) is 45.8 Å². The standard InChI is InChI=1S/C12H19ClN2O/c1-4-9(5-2)15-11-6-12(13)14-7-10(11)8(3)16/h6-9,16H,4-5H2,1-3H3,(H,14,15). The minimum atomic E-state index is -0.540. The third kappa shape index (κ3) is 3.35. The Labute approximate surface area is 102 Å². The van der Waals surface area contributed by atoms with Gasteiger partial charge in [0.2, 0.25) is 0 Å². The average molecular weight is 243 g/mol. The molecule has 0 aliphatic carbocycles. The fourth-order valence-corrected chi connectivity index (χ4v) is 1.77. The fraction of sp³-hybridized carbons (Fsp3) is 0.583. The van der Waals surface area contributed by atoms with Gasteiger partial charge in [0.1, 0.15) is 5.15 Å². The molecule has 1 aromatic rings. The highest BCUT2D eigenvalue weighted by atomic mass is 35.5. The van der Waals surface area contributed by atoms with Crippen molar-refractivity contribution in [2.24, 2.45) is 0 Å². The van der Waals surface area contributed by atoms with Gasteiger partial charge in [0.15, 0.2) is 0 Å². The smallest absolute Gasteiger partial charge is 0.131 e. The quantitative estimate of drug-likeness (QED) is 0.778. The van der Waals surface area contributed by atoms with Gasteiger partial charge in [-0.3, -0.25) is 0 Å². The Hall–Kier alpha value is -0.800. The number of pyridine rings is 1. The predicted molar refractivity (Wildman–Crippen MR) is 67.9 cm³/mol. The molecule has 2 N–H and O–H groups in total. The number of nitrogens with zero attached hydrogens (tertiary/aromatic N) is 1. The van der Waals surface area contributed by atoms with E-state index < -0.39 is 6.10 Å². The number of halogens is 1. The van der Waals surface area contributed by atoms with Crippen molar-refractivity contribution < 1.29 is 5.11 Å². The zero-order valence-electron chi connectivity index (χ0n) is 10.00. The lowest BCUT2D eigenvalue weighted by molar-refractivity contribution is 0.199. The van der Waals surface area contributed by atoms with Crippen molar-refractivity contribution in [2.75, 3.05) is 5.32 Å². The lowest BCUT2D eigenvalue weighted by atomic mass is 10.1. The number of hydrogen-bond acceptors (Lipinski definition) is 3. The molecule has 0 amide bonds. The van der Waals surface area contributed by atoms with Crippen LogP contribution in [0.1, 0.15) is 45.3 Å². The molecule has 0 fully saturated rings. The highest BCUT2D eigenvalue weighted by Crippen LogP contribution is 2.25. The van der Waals surface area contributed by atoms with Crippen LogP contribution in [0.4, 0.5) is 5.69 Å². The van der Waals surface area contributed by atoms with E-state index in [-0.39, 0.29) is 0 Å². The molecule has 1 aromatic heterocycles. The Morgan fingerprint density at radius 1 is 1.44 bits per heavy atom. The Kier molecular flexibility index (Phi) is 5.03. The normalized spacial score (nSPS) is 12.9. The van der Waals surface area contributed by atoms with Gasteiger partial charge in [-0.15, -0.1) is 0 Å². The van der Waals surface area contributed by atoms with E-state index in [1.54, 1.807) is 19.2 Å².